The first-order valence-electron chi connectivity index (χ1n) is 20.7. The van der Waals surface area contributed by atoms with E-state index in [9.17, 15) is 0 Å². The maximum atomic E-state index is 5.36. The molecule has 5 heterocycles. The maximum absolute atomic E-state index is 5.36. The molecule has 282 valence electrons. The van der Waals surface area contributed by atoms with Crippen LogP contribution in [0.15, 0.2) is 194 Å². The lowest BCUT2D eigenvalue weighted by molar-refractivity contribution is 1.18. The number of nitrogens with zero attached hydrogens (tertiary/aromatic N) is 4. The van der Waals surface area contributed by atoms with Crippen LogP contribution in [0.1, 0.15) is 0 Å². The molecule has 61 heavy (non-hydrogen) atoms. The molecule has 0 spiro atoms. The predicted molar refractivity (Wildman–Crippen MR) is 258 cm³/mol. The number of aromatic nitrogens is 4. The Morgan fingerprint density at radius 3 is 1.87 bits per heavy atom. The van der Waals surface area contributed by atoms with Crippen molar-refractivity contribution in [1.29, 1.82) is 0 Å². The quantitative estimate of drug-likeness (QED) is 0.178. The van der Waals surface area contributed by atoms with Crippen LogP contribution in [0, 0.1) is 0 Å². The lowest BCUT2D eigenvalue weighted by atomic mass is 10.0. The zero-order chi connectivity index (χ0) is 39.8. The Morgan fingerprint density at radius 1 is 0.393 bits per heavy atom. The summed E-state index contributed by atoms with van der Waals surface area (Å²) < 4.78 is 7.32. The lowest BCUT2D eigenvalue weighted by Gasteiger charge is -2.11. The molecule has 0 radical (unpaired) electrons. The smallest absolute Gasteiger partial charge is 0.160 e. The van der Waals surface area contributed by atoms with Crippen LogP contribution in [0.4, 0.5) is 0 Å². The van der Waals surface area contributed by atoms with E-state index in [1.165, 1.54) is 86.5 Å². The molecule has 4 nitrogen and oxygen atoms in total. The number of fused-ring (bicyclic) bond motifs is 15. The second-order valence-electron chi connectivity index (χ2n) is 16.1. The van der Waals surface area contributed by atoms with E-state index in [-0.39, 0.29) is 0 Å². The largest absolute Gasteiger partial charge is 0.309 e. The fourth-order valence-electron chi connectivity index (χ4n) is 10.2. The topological polar surface area (TPSA) is 35.1 Å². The molecule has 0 N–H and O–H groups in total. The summed E-state index contributed by atoms with van der Waals surface area (Å²) in [6.45, 7) is 0. The zero-order valence-corrected chi connectivity index (χ0v) is 33.5. The van der Waals surface area contributed by atoms with E-state index in [0.717, 1.165) is 43.9 Å². The zero-order valence-electron chi connectivity index (χ0n) is 32.7. The van der Waals surface area contributed by atoms with E-state index in [1.807, 2.05) is 0 Å². The summed E-state index contributed by atoms with van der Waals surface area (Å²) >= 11 is 1.77. The minimum absolute atomic E-state index is 0.720. The van der Waals surface area contributed by atoms with E-state index in [4.69, 9.17) is 9.97 Å². The molecule has 0 fully saturated rings. The molecular weight excluding hydrogens is 761 g/mol. The van der Waals surface area contributed by atoms with Crippen molar-refractivity contribution in [1.82, 2.24) is 18.9 Å². The Morgan fingerprint density at radius 2 is 1.03 bits per heavy atom. The third-order valence-electron chi connectivity index (χ3n) is 12.9. The van der Waals surface area contributed by atoms with Crippen molar-refractivity contribution in [3.63, 3.8) is 0 Å². The van der Waals surface area contributed by atoms with Crippen LogP contribution in [0.3, 0.4) is 0 Å². The fraction of sp³-hybridized carbons (Fsp3) is 0. The van der Waals surface area contributed by atoms with Crippen LogP contribution in [0.25, 0.3) is 130 Å². The standard InChI is InChI=1S/C56H32N4S/c1-2-12-33(13-3-1)34-22-24-36(25-23-34)50-55-51(43-18-8-11-21-48(43)61-55)58-56(57-50)37-26-29-38(30-27-37)59-46-19-9-6-16-40(46)44-32-45-41-31-28-35-14-4-5-15-39(35)52(41)60-47-20-10-7-17-42(47)49(53(44)59)54(45)60/h1-32H. The van der Waals surface area contributed by atoms with Crippen LogP contribution >= 0.6 is 11.3 Å². The third-order valence-corrected chi connectivity index (χ3v) is 14.0. The monoisotopic (exact) mass is 792 g/mol. The Kier molecular flexibility index (Phi) is 6.68. The predicted octanol–water partition coefficient (Wildman–Crippen LogP) is 15.2. The Bertz CT molecular complexity index is 4080. The summed E-state index contributed by atoms with van der Waals surface area (Å²) in [6.07, 6.45) is 0. The number of thiophene rings is 1. The van der Waals surface area contributed by atoms with Gasteiger partial charge in [0.1, 0.15) is 0 Å². The molecule has 0 atom stereocenters. The second-order valence-corrected chi connectivity index (χ2v) is 17.1. The van der Waals surface area contributed by atoms with Gasteiger partial charge in [0.2, 0.25) is 0 Å². The van der Waals surface area contributed by atoms with Gasteiger partial charge in [-0.3, -0.25) is 0 Å². The van der Waals surface area contributed by atoms with Gasteiger partial charge in [-0.15, -0.1) is 11.3 Å². The number of hydrogen-bond donors (Lipinski definition) is 0. The number of rotatable bonds is 4. The molecule has 0 aliphatic carbocycles. The molecule has 0 saturated heterocycles. The Hall–Kier alpha value is -7.86. The summed E-state index contributed by atoms with van der Waals surface area (Å²) in [6, 6.07) is 70.4. The molecule has 14 rings (SSSR count). The van der Waals surface area contributed by atoms with Crippen LogP contribution < -0.4 is 0 Å². The van der Waals surface area contributed by atoms with Crippen molar-refractivity contribution in [2.45, 2.75) is 0 Å². The van der Waals surface area contributed by atoms with Gasteiger partial charge in [-0.2, -0.15) is 0 Å². The van der Waals surface area contributed by atoms with Crippen molar-refractivity contribution >= 4 is 102 Å². The van der Waals surface area contributed by atoms with Gasteiger partial charge in [0.25, 0.3) is 0 Å². The second kappa shape index (κ2) is 12.3. The van der Waals surface area contributed by atoms with E-state index in [1.54, 1.807) is 11.3 Å². The first-order valence-corrected chi connectivity index (χ1v) is 21.6. The highest BCUT2D eigenvalue weighted by Gasteiger charge is 2.25. The highest BCUT2D eigenvalue weighted by molar-refractivity contribution is 7.26. The van der Waals surface area contributed by atoms with Gasteiger partial charge in [-0.25, -0.2) is 9.97 Å². The summed E-state index contributed by atoms with van der Waals surface area (Å²) in [4.78, 5) is 10.7. The molecule has 0 bridgehead atoms. The average molecular weight is 793 g/mol. The highest BCUT2D eigenvalue weighted by Crippen LogP contribution is 2.48. The van der Waals surface area contributed by atoms with Crippen LogP contribution in [-0.4, -0.2) is 18.9 Å². The van der Waals surface area contributed by atoms with Crippen molar-refractivity contribution < 1.29 is 0 Å². The molecule has 14 aromatic rings. The van der Waals surface area contributed by atoms with Crippen molar-refractivity contribution in [3.8, 4) is 39.5 Å². The number of para-hydroxylation sites is 2. The van der Waals surface area contributed by atoms with E-state index in [2.05, 4.69) is 203 Å². The SMILES string of the molecule is c1ccc(-c2ccc(-c3nc(-c4ccc(-n5c6ccccc6c6cc7c8ccc9ccccc9c8n8c9ccccc9c(c65)c78)cc4)nc4c3sc3ccccc34)cc2)cc1. The van der Waals surface area contributed by atoms with E-state index in [0.29, 0.717) is 0 Å². The summed E-state index contributed by atoms with van der Waals surface area (Å²) in [7, 11) is 0. The van der Waals surface area contributed by atoms with E-state index >= 15 is 0 Å². The maximum Gasteiger partial charge on any atom is 0.160 e. The van der Waals surface area contributed by atoms with Gasteiger partial charge in [0.15, 0.2) is 5.82 Å². The molecule has 0 saturated carbocycles. The van der Waals surface area contributed by atoms with Gasteiger partial charge in [0, 0.05) is 64.6 Å². The molecule has 0 aliphatic rings. The molecule has 5 heteroatoms. The lowest BCUT2D eigenvalue weighted by Crippen LogP contribution is -1.96. The normalized spacial score (nSPS) is 12.3. The van der Waals surface area contributed by atoms with Crippen LogP contribution in [0.5, 0.6) is 0 Å². The minimum Gasteiger partial charge on any atom is -0.309 e. The molecular formula is C56H32N4S. The molecule has 0 unspecified atom stereocenters. The molecule has 0 aliphatic heterocycles. The van der Waals surface area contributed by atoms with Crippen molar-refractivity contribution in [3.05, 3.63) is 194 Å². The van der Waals surface area contributed by atoms with Crippen molar-refractivity contribution in [2.75, 3.05) is 0 Å². The first-order chi connectivity index (χ1) is 30.3. The Labute approximate surface area is 353 Å². The van der Waals surface area contributed by atoms with Crippen LogP contribution in [0.2, 0.25) is 0 Å². The fourth-order valence-corrected chi connectivity index (χ4v) is 11.3. The van der Waals surface area contributed by atoms with Gasteiger partial charge >= 0.3 is 0 Å². The minimum atomic E-state index is 0.720. The summed E-state index contributed by atoms with van der Waals surface area (Å²) in [5.74, 6) is 0.720. The highest BCUT2D eigenvalue weighted by atomic mass is 32.1. The third kappa shape index (κ3) is 4.58. The van der Waals surface area contributed by atoms with Gasteiger partial charge < -0.3 is 8.97 Å². The molecule has 0 amide bonds. The van der Waals surface area contributed by atoms with Gasteiger partial charge in [-0.05, 0) is 65.0 Å². The van der Waals surface area contributed by atoms with E-state index < -0.39 is 0 Å². The Balaban J connectivity index is 0.991. The average Bonchev–Trinajstić information content (AvgIpc) is 4.07. The summed E-state index contributed by atoms with van der Waals surface area (Å²) in [5, 5.41) is 11.3. The van der Waals surface area contributed by atoms with Gasteiger partial charge in [0.05, 0.1) is 43.5 Å². The number of benzene rings is 9. The summed E-state index contributed by atoms with van der Waals surface area (Å²) in [5.41, 5.74) is 13.7. The van der Waals surface area contributed by atoms with Crippen LogP contribution in [-0.2, 0) is 0 Å². The number of hydrogen-bond acceptors (Lipinski definition) is 3. The van der Waals surface area contributed by atoms with Crippen molar-refractivity contribution in [2.24, 2.45) is 0 Å². The molecule has 5 aromatic heterocycles. The first kappa shape index (κ1) is 33.0. The molecule has 9 aromatic carbocycles. The van der Waals surface area contributed by atoms with Gasteiger partial charge in [-0.1, -0.05) is 146 Å².